The van der Waals surface area contributed by atoms with Crippen molar-refractivity contribution in [3.05, 3.63) is 35.9 Å². The largest absolute Gasteiger partial charge is 0.211 e. The Bertz CT molecular complexity index is 154. The lowest BCUT2D eigenvalue weighted by Gasteiger charge is -1.82. The Labute approximate surface area is 96.0 Å². The van der Waals surface area contributed by atoms with E-state index in [0.29, 0.717) is 0 Å². The van der Waals surface area contributed by atoms with Crippen molar-refractivity contribution in [2.75, 3.05) is 0 Å². The lowest BCUT2D eigenvalue weighted by molar-refractivity contribution is 1.48. The molecule has 0 amide bonds. The van der Waals surface area contributed by atoms with Gasteiger partial charge in [0.05, 0.1) is 0 Å². The van der Waals surface area contributed by atoms with E-state index in [9.17, 15) is 0 Å². The molecule has 0 radical (unpaired) electrons. The lowest BCUT2D eigenvalue weighted by atomic mass is 10.2. The smallest absolute Gasteiger partial charge is 0.147 e. The Hall–Kier alpha value is 0.332. The van der Waals surface area contributed by atoms with Crippen molar-refractivity contribution in [1.82, 2.24) is 0 Å². The van der Waals surface area contributed by atoms with Gasteiger partial charge < -0.3 is 0 Å². The van der Waals surface area contributed by atoms with Crippen molar-refractivity contribution >= 4 is 41.1 Å². The Morgan fingerprint density at radius 1 is 1.08 bits per heavy atom. The van der Waals surface area contributed by atoms with Crippen molar-refractivity contribution in [2.45, 2.75) is 19.1 Å². The fourth-order valence-corrected chi connectivity index (χ4v) is 0.534. The van der Waals surface area contributed by atoms with Gasteiger partial charge in [0.25, 0.3) is 0 Å². The first-order chi connectivity index (χ1) is 4.81. The second-order valence-electron chi connectivity index (χ2n) is 2.36. The number of halogens is 2. The highest BCUT2D eigenvalue weighted by molar-refractivity contribution is 6.08. The monoisotopic (exact) mass is 222 g/mol. The molecule has 1 rings (SSSR count). The number of rotatable bonds is 0. The van der Waals surface area contributed by atoms with Gasteiger partial charge in [-0.3, -0.25) is 0 Å². The van der Waals surface area contributed by atoms with Crippen molar-refractivity contribution < 1.29 is 0 Å². The minimum absolute atomic E-state index is 0. The van der Waals surface area contributed by atoms with E-state index in [-0.39, 0.29) is 24.8 Å². The summed E-state index contributed by atoms with van der Waals surface area (Å²) in [6, 6.07) is 10.3. The summed E-state index contributed by atoms with van der Waals surface area (Å²) in [5.41, 5.74) is 1.32. The molecule has 0 aliphatic heterocycles. The first kappa shape index (κ1) is 18.2. The molecular formula is C9H17AlCl2. The third kappa shape index (κ3) is 13.0. The summed E-state index contributed by atoms with van der Waals surface area (Å²) in [4.78, 5) is 0. The normalized spacial score (nSPS) is 6.50. The average Bonchev–Trinajstić information content (AvgIpc) is 1.91. The maximum atomic E-state index is 2.19. The Balaban J connectivity index is -0.000000146. The summed E-state index contributed by atoms with van der Waals surface area (Å²) >= 11 is 1.37. The van der Waals surface area contributed by atoms with Gasteiger partial charge in [-0.05, 0) is 6.92 Å². The zero-order chi connectivity index (χ0) is 7.82. The average molecular weight is 223 g/mol. The van der Waals surface area contributed by atoms with E-state index >= 15 is 0 Å². The van der Waals surface area contributed by atoms with Crippen LogP contribution >= 0.6 is 24.8 Å². The van der Waals surface area contributed by atoms with E-state index in [2.05, 4.69) is 26.0 Å². The van der Waals surface area contributed by atoms with Gasteiger partial charge in [-0.2, -0.15) is 0 Å². The highest BCUT2D eigenvalue weighted by Gasteiger charge is 1.72. The third-order valence-electron chi connectivity index (χ3n) is 0.940. The molecule has 0 N–H and O–H groups in total. The Morgan fingerprint density at radius 3 is 1.58 bits per heavy atom. The molecule has 12 heavy (non-hydrogen) atoms. The van der Waals surface area contributed by atoms with Crippen molar-refractivity contribution in [2.24, 2.45) is 0 Å². The summed E-state index contributed by atoms with van der Waals surface area (Å²) in [5.74, 6) is 0. The summed E-state index contributed by atoms with van der Waals surface area (Å²) in [6.07, 6.45) is 0. The van der Waals surface area contributed by atoms with E-state index in [4.69, 9.17) is 0 Å². The molecule has 70 valence electrons. The van der Waals surface area contributed by atoms with Gasteiger partial charge >= 0.3 is 0 Å². The van der Waals surface area contributed by atoms with Crippen LogP contribution in [0, 0.1) is 6.92 Å². The lowest BCUT2D eigenvalue weighted by Crippen LogP contribution is -1.62. The molecule has 3 heteroatoms. The van der Waals surface area contributed by atoms with Gasteiger partial charge in [-0.1, -0.05) is 42.8 Å². The summed E-state index contributed by atoms with van der Waals surface area (Å²) in [5, 5.41) is 1.39. The topological polar surface area (TPSA) is 0 Å². The zero-order valence-corrected chi connectivity index (χ0v) is 11.5. The summed E-state index contributed by atoms with van der Waals surface area (Å²) < 4.78 is 0. The van der Waals surface area contributed by atoms with Crippen LogP contribution in [0.25, 0.3) is 0 Å². The zero-order valence-electron chi connectivity index (χ0n) is 7.91. The molecule has 0 aliphatic carbocycles. The van der Waals surface area contributed by atoms with E-state index in [0.717, 1.165) is 0 Å². The number of aryl methyl sites for hydroxylation is 1. The van der Waals surface area contributed by atoms with Crippen LogP contribution in [0.2, 0.25) is 5.28 Å². The standard InChI is InChI=1S/C7H8.C2H5.Al.2ClH.2H/c1-7-5-3-2-4-6-7;1-2;;;;;/h2-6H,1H3;1H2,2H3;;2*1H;;. The van der Waals surface area contributed by atoms with Gasteiger partial charge in [0.15, 0.2) is 0 Å². The quantitative estimate of drug-likeness (QED) is 0.593. The van der Waals surface area contributed by atoms with Crippen molar-refractivity contribution in [3.63, 3.8) is 0 Å². The summed E-state index contributed by atoms with van der Waals surface area (Å²) in [6.45, 7) is 4.27. The molecule has 0 saturated carbocycles. The first-order valence-electron chi connectivity index (χ1n) is 3.82. The molecule has 0 aliphatic rings. The van der Waals surface area contributed by atoms with E-state index < -0.39 is 0 Å². The van der Waals surface area contributed by atoms with Gasteiger partial charge in [-0.25, -0.2) is 0 Å². The predicted molar refractivity (Wildman–Crippen MR) is 64.7 cm³/mol. The first-order valence-corrected chi connectivity index (χ1v) is 5.24. The Morgan fingerprint density at radius 2 is 1.42 bits per heavy atom. The third-order valence-corrected chi connectivity index (χ3v) is 0.940. The molecule has 1 aromatic rings. The number of hydrogen-bond acceptors (Lipinski definition) is 0. The SMILES string of the molecule is C[CH2][AlH2].Cc1ccccc1.Cl.Cl. The fraction of sp³-hybridized carbons (Fsp3) is 0.333. The van der Waals surface area contributed by atoms with Crippen LogP contribution in [0.3, 0.4) is 0 Å². The van der Waals surface area contributed by atoms with Crippen LogP contribution in [0.1, 0.15) is 12.5 Å². The molecule has 0 unspecified atom stereocenters. The van der Waals surface area contributed by atoms with Crippen LogP contribution in [0.5, 0.6) is 0 Å². The van der Waals surface area contributed by atoms with E-state index in [1.165, 1.54) is 27.1 Å². The molecule has 1 aromatic carbocycles. The number of hydrogen-bond donors (Lipinski definition) is 0. The summed E-state index contributed by atoms with van der Waals surface area (Å²) in [7, 11) is 0. The van der Waals surface area contributed by atoms with Crippen LogP contribution in [-0.4, -0.2) is 16.3 Å². The minimum Gasteiger partial charge on any atom is -0.147 e. The fourth-order valence-electron chi connectivity index (χ4n) is 0.534. The Kier molecular flexibility index (Phi) is 21.1. The molecule has 0 atom stereocenters. The van der Waals surface area contributed by atoms with E-state index in [1.54, 1.807) is 0 Å². The maximum Gasteiger partial charge on any atom is 0.211 e. The maximum absolute atomic E-state index is 2.19. The molecule has 0 aromatic heterocycles. The van der Waals surface area contributed by atoms with Gasteiger partial charge in [0.2, 0.25) is 16.3 Å². The highest BCUT2D eigenvalue weighted by atomic mass is 35.5. The second-order valence-corrected chi connectivity index (χ2v) is 3.78. The predicted octanol–water partition coefficient (Wildman–Crippen LogP) is 2.90. The van der Waals surface area contributed by atoms with Gasteiger partial charge in [0, 0.05) is 0 Å². The minimum atomic E-state index is 0. The molecule has 0 spiro atoms. The van der Waals surface area contributed by atoms with Crippen LogP contribution in [0.4, 0.5) is 0 Å². The van der Waals surface area contributed by atoms with Crippen LogP contribution in [0.15, 0.2) is 30.3 Å². The van der Waals surface area contributed by atoms with Crippen LogP contribution in [-0.2, 0) is 0 Å². The molecule has 0 heterocycles. The molecule has 0 nitrogen and oxygen atoms in total. The molecular weight excluding hydrogens is 206 g/mol. The molecule has 0 saturated heterocycles. The highest BCUT2D eigenvalue weighted by Crippen LogP contribution is 1.92. The van der Waals surface area contributed by atoms with Crippen molar-refractivity contribution in [3.8, 4) is 0 Å². The van der Waals surface area contributed by atoms with Gasteiger partial charge in [0.1, 0.15) is 0 Å². The van der Waals surface area contributed by atoms with Crippen LogP contribution < -0.4 is 0 Å². The number of benzene rings is 1. The van der Waals surface area contributed by atoms with Gasteiger partial charge in [-0.15, -0.1) is 30.1 Å². The molecule has 0 fully saturated rings. The van der Waals surface area contributed by atoms with E-state index in [1.807, 2.05) is 18.2 Å². The second kappa shape index (κ2) is 13.9. The van der Waals surface area contributed by atoms with Crippen molar-refractivity contribution in [1.29, 1.82) is 0 Å². The molecule has 0 bridgehead atoms.